The number of carboxylic acid groups (broad SMARTS) is 1. The Morgan fingerprint density at radius 3 is 2.69 bits per heavy atom. The Kier molecular flexibility index (Phi) is 2.74. The highest BCUT2D eigenvalue weighted by Crippen LogP contribution is 2.20. The van der Waals surface area contributed by atoms with Crippen molar-refractivity contribution in [3.63, 3.8) is 0 Å². The molecule has 0 bridgehead atoms. The van der Waals surface area contributed by atoms with Crippen LogP contribution in [0.5, 0.6) is 0 Å². The molecule has 1 aromatic carbocycles. The van der Waals surface area contributed by atoms with Gasteiger partial charge in [0, 0.05) is 6.07 Å². The fraction of sp³-hybridized carbons (Fsp3) is 0. The minimum absolute atomic E-state index is 0.143. The topological polar surface area (TPSA) is 55.1 Å². The molecule has 0 saturated heterocycles. The first-order chi connectivity index (χ1) is 7.59. The smallest absolute Gasteiger partial charge is 0.356 e. The van der Waals surface area contributed by atoms with Crippen LogP contribution in [0.4, 0.5) is 4.39 Å². The number of carboxylic acids is 1. The van der Waals surface area contributed by atoms with Gasteiger partial charge in [-0.05, 0) is 28.1 Å². The Hall–Kier alpha value is -1.69. The highest BCUT2D eigenvalue weighted by molar-refractivity contribution is 9.10. The minimum Gasteiger partial charge on any atom is -0.476 e. The lowest BCUT2D eigenvalue weighted by Gasteiger charge is -2.03. The van der Waals surface area contributed by atoms with E-state index in [0.717, 1.165) is 0 Å². The number of rotatable bonds is 2. The molecule has 0 fully saturated rings. The maximum atomic E-state index is 13.4. The zero-order chi connectivity index (χ0) is 11.7. The molecule has 0 aliphatic carbocycles. The first-order valence-corrected chi connectivity index (χ1v) is 5.12. The summed E-state index contributed by atoms with van der Waals surface area (Å²) in [5.74, 6) is -1.63. The third-order valence-electron chi connectivity index (χ3n) is 1.97. The quantitative estimate of drug-likeness (QED) is 0.922. The Labute approximate surface area is 98.4 Å². The van der Waals surface area contributed by atoms with Gasteiger partial charge >= 0.3 is 5.97 Å². The second-order valence-corrected chi connectivity index (χ2v) is 3.83. The van der Waals surface area contributed by atoms with Crippen LogP contribution in [0.3, 0.4) is 0 Å². The van der Waals surface area contributed by atoms with Crippen molar-refractivity contribution < 1.29 is 14.3 Å². The number of hydrogen-bond donors (Lipinski definition) is 1. The lowest BCUT2D eigenvalue weighted by atomic mass is 10.3. The molecule has 2 rings (SSSR count). The van der Waals surface area contributed by atoms with Gasteiger partial charge in [0.15, 0.2) is 5.69 Å². The van der Waals surface area contributed by atoms with Gasteiger partial charge in [-0.25, -0.2) is 13.9 Å². The van der Waals surface area contributed by atoms with E-state index in [0.29, 0.717) is 4.60 Å². The van der Waals surface area contributed by atoms with Crippen molar-refractivity contribution in [3.05, 3.63) is 46.4 Å². The molecule has 16 heavy (non-hydrogen) atoms. The van der Waals surface area contributed by atoms with Crippen LogP contribution in [0, 0.1) is 5.82 Å². The number of hydrogen-bond acceptors (Lipinski definition) is 2. The summed E-state index contributed by atoms with van der Waals surface area (Å²) in [5.41, 5.74) is 0.0528. The molecule has 0 spiro atoms. The first-order valence-electron chi connectivity index (χ1n) is 4.33. The van der Waals surface area contributed by atoms with E-state index in [2.05, 4.69) is 21.0 Å². The highest BCUT2D eigenvalue weighted by Gasteiger charge is 2.14. The van der Waals surface area contributed by atoms with Gasteiger partial charge in [-0.1, -0.05) is 12.1 Å². The molecule has 0 aliphatic rings. The summed E-state index contributed by atoms with van der Waals surface area (Å²) in [6.45, 7) is 0. The average molecular weight is 285 g/mol. The van der Waals surface area contributed by atoms with Crippen molar-refractivity contribution in [2.45, 2.75) is 0 Å². The molecule has 1 N–H and O–H groups in total. The molecule has 0 saturated carbocycles. The molecule has 4 nitrogen and oxygen atoms in total. The second kappa shape index (κ2) is 4.05. The van der Waals surface area contributed by atoms with Gasteiger partial charge in [0.05, 0.1) is 0 Å². The van der Waals surface area contributed by atoms with Crippen molar-refractivity contribution in [1.29, 1.82) is 0 Å². The Bertz CT molecular complexity index is 554. The normalized spacial score (nSPS) is 10.4. The number of aromatic nitrogens is 2. The molecule has 2 aromatic rings. The van der Waals surface area contributed by atoms with Crippen LogP contribution >= 0.6 is 15.9 Å². The van der Waals surface area contributed by atoms with E-state index in [9.17, 15) is 9.18 Å². The molecule has 0 amide bonds. The van der Waals surface area contributed by atoms with Gasteiger partial charge in [-0.15, -0.1) is 0 Å². The van der Waals surface area contributed by atoms with Gasteiger partial charge in [0.25, 0.3) is 0 Å². The van der Waals surface area contributed by atoms with Crippen molar-refractivity contribution >= 4 is 21.9 Å². The lowest BCUT2D eigenvalue weighted by Crippen LogP contribution is -2.03. The van der Waals surface area contributed by atoms with Crippen molar-refractivity contribution in [3.8, 4) is 5.69 Å². The van der Waals surface area contributed by atoms with Gasteiger partial charge < -0.3 is 5.11 Å². The molecule has 0 radical (unpaired) electrons. The maximum Gasteiger partial charge on any atom is 0.356 e. The van der Waals surface area contributed by atoms with Crippen LogP contribution in [0.2, 0.25) is 0 Å². The first kappa shape index (κ1) is 10.8. The molecule has 1 aromatic heterocycles. The van der Waals surface area contributed by atoms with Crippen LogP contribution in [0.1, 0.15) is 10.5 Å². The fourth-order valence-electron chi connectivity index (χ4n) is 1.26. The highest BCUT2D eigenvalue weighted by atomic mass is 79.9. The Morgan fingerprint density at radius 1 is 1.44 bits per heavy atom. The molecule has 0 unspecified atom stereocenters. The third kappa shape index (κ3) is 1.83. The second-order valence-electron chi connectivity index (χ2n) is 3.02. The maximum absolute atomic E-state index is 13.4. The molecule has 82 valence electrons. The predicted octanol–water partition coefficient (Wildman–Crippen LogP) is 2.47. The van der Waals surface area contributed by atoms with E-state index < -0.39 is 11.8 Å². The summed E-state index contributed by atoms with van der Waals surface area (Å²) in [6, 6.07) is 7.30. The SMILES string of the molecule is O=C(O)c1cc(Br)n(-c2ccccc2F)n1. The lowest BCUT2D eigenvalue weighted by molar-refractivity contribution is 0.0690. The van der Waals surface area contributed by atoms with Crippen LogP contribution in [0.15, 0.2) is 34.9 Å². The summed E-state index contributed by atoms with van der Waals surface area (Å²) in [6.07, 6.45) is 0. The van der Waals surface area contributed by atoms with E-state index in [1.807, 2.05) is 0 Å². The van der Waals surface area contributed by atoms with Gasteiger partial charge in [0.2, 0.25) is 0 Å². The number of carbonyl (C=O) groups is 1. The fourth-order valence-corrected chi connectivity index (χ4v) is 1.74. The zero-order valence-corrected chi connectivity index (χ0v) is 9.48. The number of halogens is 2. The van der Waals surface area contributed by atoms with E-state index >= 15 is 0 Å². The molecule has 1 heterocycles. The van der Waals surface area contributed by atoms with E-state index in [4.69, 9.17) is 5.11 Å². The molecular weight excluding hydrogens is 279 g/mol. The summed E-state index contributed by atoms with van der Waals surface area (Å²) >= 11 is 3.13. The summed E-state index contributed by atoms with van der Waals surface area (Å²) in [4.78, 5) is 10.7. The Balaban J connectivity index is 2.57. The minimum atomic E-state index is -1.16. The van der Waals surface area contributed by atoms with Crippen molar-refractivity contribution in [2.75, 3.05) is 0 Å². The Morgan fingerprint density at radius 2 is 2.12 bits per heavy atom. The van der Waals surface area contributed by atoms with E-state index in [-0.39, 0.29) is 11.4 Å². The summed E-state index contributed by atoms with van der Waals surface area (Å²) in [5, 5.41) is 12.5. The van der Waals surface area contributed by atoms with Gasteiger partial charge in [0.1, 0.15) is 16.1 Å². The predicted molar refractivity (Wildman–Crippen MR) is 58.2 cm³/mol. The van der Waals surface area contributed by atoms with Gasteiger partial charge in [-0.3, -0.25) is 0 Å². The van der Waals surface area contributed by atoms with Crippen LogP contribution in [-0.4, -0.2) is 20.9 Å². The van der Waals surface area contributed by atoms with E-state index in [1.165, 1.54) is 22.9 Å². The number of benzene rings is 1. The van der Waals surface area contributed by atoms with Crippen LogP contribution < -0.4 is 0 Å². The standard InChI is InChI=1S/C10H6BrFN2O2/c11-9-5-7(10(15)16)13-14(9)8-4-2-1-3-6(8)12/h1-5H,(H,15,16). The monoisotopic (exact) mass is 284 g/mol. The summed E-state index contributed by atoms with van der Waals surface area (Å²) < 4.78 is 15.0. The van der Waals surface area contributed by atoms with Crippen LogP contribution in [-0.2, 0) is 0 Å². The van der Waals surface area contributed by atoms with Gasteiger partial charge in [-0.2, -0.15) is 5.10 Å². The number of para-hydroxylation sites is 1. The van der Waals surface area contributed by atoms with Crippen molar-refractivity contribution in [2.24, 2.45) is 0 Å². The third-order valence-corrected chi connectivity index (χ3v) is 2.53. The molecule has 0 aliphatic heterocycles. The van der Waals surface area contributed by atoms with Crippen LogP contribution in [0.25, 0.3) is 5.69 Å². The molecule has 6 heteroatoms. The molecular formula is C10H6BrFN2O2. The van der Waals surface area contributed by atoms with E-state index in [1.54, 1.807) is 12.1 Å². The molecule has 0 atom stereocenters. The largest absolute Gasteiger partial charge is 0.476 e. The zero-order valence-electron chi connectivity index (χ0n) is 7.89. The number of aromatic carboxylic acids is 1. The summed E-state index contributed by atoms with van der Waals surface area (Å²) in [7, 11) is 0. The number of nitrogens with zero attached hydrogens (tertiary/aromatic N) is 2. The van der Waals surface area contributed by atoms with Crippen molar-refractivity contribution in [1.82, 2.24) is 9.78 Å². The average Bonchev–Trinajstić information content (AvgIpc) is 2.61.